The fraction of sp³-hybridized carbons (Fsp3) is 0.909. The summed E-state index contributed by atoms with van der Waals surface area (Å²) < 4.78 is 5.04. The summed E-state index contributed by atoms with van der Waals surface area (Å²) in [6.45, 7) is 4.13. The predicted octanol–water partition coefficient (Wildman–Crippen LogP) is 0.514. The molecule has 0 aliphatic heterocycles. The van der Waals surface area contributed by atoms with Crippen molar-refractivity contribution < 1.29 is 9.53 Å². The summed E-state index contributed by atoms with van der Waals surface area (Å²) in [5, 5.41) is 2.90. The van der Waals surface area contributed by atoms with Gasteiger partial charge in [-0.3, -0.25) is 4.79 Å². The van der Waals surface area contributed by atoms with Crippen LogP contribution in [-0.2, 0) is 9.53 Å². The molecule has 2 atom stereocenters. The van der Waals surface area contributed by atoms with Gasteiger partial charge in [-0.05, 0) is 24.7 Å². The number of carbonyl (C=O) groups excluding carboxylic acids is 1. The second-order valence-electron chi connectivity index (χ2n) is 4.43. The lowest BCUT2D eigenvalue weighted by Crippen LogP contribution is -2.32. The number of nitrogens with two attached hydrogens (primary N) is 1. The van der Waals surface area contributed by atoms with Crippen molar-refractivity contribution in [3.63, 3.8) is 0 Å². The highest BCUT2D eigenvalue weighted by Gasteiger charge is 2.21. The zero-order valence-electron chi connectivity index (χ0n) is 9.50. The summed E-state index contributed by atoms with van der Waals surface area (Å²) in [7, 11) is 0. The smallest absolute Gasteiger partial charge is 0.246 e. The number of hydrogen-bond acceptors (Lipinski definition) is 3. The molecule has 0 aromatic carbocycles. The van der Waals surface area contributed by atoms with Crippen LogP contribution in [0.3, 0.4) is 0 Å². The molecule has 0 saturated heterocycles. The minimum atomic E-state index is -0.0250. The Balaban J connectivity index is 2.01. The molecule has 15 heavy (non-hydrogen) atoms. The van der Waals surface area contributed by atoms with Gasteiger partial charge in [-0.2, -0.15) is 0 Å². The molecule has 0 spiro atoms. The number of hydrogen-bond donors (Lipinski definition) is 2. The molecule has 0 heterocycles. The summed E-state index contributed by atoms with van der Waals surface area (Å²) >= 11 is 0. The average Bonchev–Trinajstić information content (AvgIpc) is 2.62. The van der Waals surface area contributed by atoms with Crippen molar-refractivity contribution in [3.8, 4) is 0 Å². The molecule has 88 valence electrons. The third-order valence-electron chi connectivity index (χ3n) is 2.89. The van der Waals surface area contributed by atoms with Crippen LogP contribution < -0.4 is 11.1 Å². The molecule has 1 rings (SSSR count). The molecule has 1 fully saturated rings. The SMILES string of the molecule is CC1CCC(CNC(=O)COCCN)C1. The van der Waals surface area contributed by atoms with Gasteiger partial charge in [-0.15, -0.1) is 0 Å². The molecule has 3 N–H and O–H groups in total. The third-order valence-corrected chi connectivity index (χ3v) is 2.89. The van der Waals surface area contributed by atoms with E-state index in [9.17, 15) is 4.79 Å². The summed E-state index contributed by atoms with van der Waals surface area (Å²) in [5.41, 5.74) is 5.25. The first-order valence-corrected chi connectivity index (χ1v) is 5.77. The molecule has 2 unspecified atom stereocenters. The van der Waals surface area contributed by atoms with E-state index >= 15 is 0 Å². The fourth-order valence-corrected chi connectivity index (χ4v) is 2.07. The van der Waals surface area contributed by atoms with Gasteiger partial charge < -0.3 is 15.8 Å². The summed E-state index contributed by atoms with van der Waals surface area (Å²) in [5.74, 6) is 1.46. The van der Waals surface area contributed by atoms with Crippen LogP contribution in [0.15, 0.2) is 0 Å². The van der Waals surface area contributed by atoms with Gasteiger partial charge in [0.25, 0.3) is 0 Å². The standard InChI is InChI=1S/C11H22N2O2/c1-9-2-3-10(6-9)7-13-11(14)8-15-5-4-12/h9-10H,2-8,12H2,1H3,(H,13,14). The highest BCUT2D eigenvalue weighted by molar-refractivity contribution is 5.77. The number of rotatable bonds is 6. The third kappa shape index (κ3) is 5.14. The van der Waals surface area contributed by atoms with Gasteiger partial charge in [0.15, 0.2) is 0 Å². The maximum absolute atomic E-state index is 11.3. The van der Waals surface area contributed by atoms with Crippen LogP contribution in [0.1, 0.15) is 26.2 Å². The second-order valence-corrected chi connectivity index (χ2v) is 4.43. The molecule has 1 aliphatic rings. The Labute approximate surface area is 91.5 Å². The van der Waals surface area contributed by atoms with Crippen LogP contribution in [0.25, 0.3) is 0 Å². The van der Waals surface area contributed by atoms with E-state index in [-0.39, 0.29) is 12.5 Å². The molecule has 1 saturated carbocycles. The zero-order valence-corrected chi connectivity index (χ0v) is 9.50. The van der Waals surface area contributed by atoms with Crippen molar-refractivity contribution >= 4 is 5.91 Å². The Morgan fingerprint density at radius 3 is 2.93 bits per heavy atom. The largest absolute Gasteiger partial charge is 0.370 e. The van der Waals surface area contributed by atoms with Crippen molar-refractivity contribution in [2.24, 2.45) is 17.6 Å². The van der Waals surface area contributed by atoms with Crippen LogP contribution in [0, 0.1) is 11.8 Å². The van der Waals surface area contributed by atoms with Gasteiger partial charge in [0.1, 0.15) is 6.61 Å². The summed E-state index contributed by atoms with van der Waals surface area (Å²) in [6, 6.07) is 0. The maximum atomic E-state index is 11.3. The Kier molecular flexibility index (Phi) is 5.65. The Hall–Kier alpha value is -0.610. The molecule has 1 amide bonds. The van der Waals surface area contributed by atoms with Gasteiger partial charge >= 0.3 is 0 Å². The van der Waals surface area contributed by atoms with E-state index in [0.29, 0.717) is 19.1 Å². The van der Waals surface area contributed by atoms with Gasteiger partial charge in [-0.25, -0.2) is 0 Å². The lowest BCUT2D eigenvalue weighted by atomic mass is 10.1. The Morgan fingerprint density at radius 1 is 1.53 bits per heavy atom. The number of amides is 1. The van der Waals surface area contributed by atoms with Gasteiger partial charge in [0.2, 0.25) is 5.91 Å². The Bertz CT molecular complexity index is 197. The highest BCUT2D eigenvalue weighted by Crippen LogP contribution is 2.29. The number of nitrogens with one attached hydrogen (secondary N) is 1. The summed E-state index contributed by atoms with van der Waals surface area (Å²) in [4.78, 5) is 11.3. The first-order chi connectivity index (χ1) is 7.22. The molecular weight excluding hydrogens is 192 g/mol. The van der Waals surface area contributed by atoms with E-state index in [1.807, 2.05) is 0 Å². The van der Waals surface area contributed by atoms with E-state index in [4.69, 9.17) is 10.5 Å². The molecule has 4 heteroatoms. The van der Waals surface area contributed by atoms with Crippen LogP contribution in [0.2, 0.25) is 0 Å². The zero-order chi connectivity index (χ0) is 11.1. The summed E-state index contributed by atoms with van der Waals surface area (Å²) in [6.07, 6.45) is 3.78. The molecule has 4 nitrogen and oxygen atoms in total. The molecule has 0 aromatic rings. The van der Waals surface area contributed by atoms with E-state index < -0.39 is 0 Å². The van der Waals surface area contributed by atoms with E-state index in [1.54, 1.807) is 0 Å². The van der Waals surface area contributed by atoms with Gasteiger partial charge in [-0.1, -0.05) is 13.3 Å². The molecule has 0 bridgehead atoms. The second kappa shape index (κ2) is 6.80. The van der Waals surface area contributed by atoms with Crippen molar-refractivity contribution in [2.75, 3.05) is 26.3 Å². The molecule has 1 aliphatic carbocycles. The maximum Gasteiger partial charge on any atom is 0.246 e. The predicted molar refractivity (Wildman–Crippen MR) is 59.4 cm³/mol. The van der Waals surface area contributed by atoms with E-state index in [0.717, 1.165) is 12.5 Å². The number of carbonyl (C=O) groups is 1. The highest BCUT2D eigenvalue weighted by atomic mass is 16.5. The van der Waals surface area contributed by atoms with E-state index in [1.165, 1.54) is 19.3 Å². The van der Waals surface area contributed by atoms with Gasteiger partial charge in [0, 0.05) is 13.1 Å². The van der Waals surface area contributed by atoms with Crippen molar-refractivity contribution in [1.82, 2.24) is 5.32 Å². The van der Waals surface area contributed by atoms with Gasteiger partial charge in [0.05, 0.1) is 6.61 Å². The normalized spacial score (nSPS) is 25.5. The molecular formula is C11H22N2O2. The van der Waals surface area contributed by atoms with Crippen molar-refractivity contribution in [3.05, 3.63) is 0 Å². The first-order valence-electron chi connectivity index (χ1n) is 5.77. The van der Waals surface area contributed by atoms with Crippen LogP contribution >= 0.6 is 0 Å². The van der Waals surface area contributed by atoms with Crippen molar-refractivity contribution in [1.29, 1.82) is 0 Å². The quantitative estimate of drug-likeness (QED) is 0.633. The lowest BCUT2D eigenvalue weighted by Gasteiger charge is -2.11. The van der Waals surface area contributed by atoms with Crippen LogP contribution in [0.5, 0.6) is 0 Å². The monoisotopic (exact) mass is 214 g/mol. The van der Waals surface area contributed by atoms with Crippen molar-refractivity contribution in [2.45, 2.75) is 26.2 Å². The molecule has 0 radical (unpaired) electrons. The minimum Gasteiger partial charge on any atom is -0.370 e. The lowest BCUT2D eigenvalue weighted by molar-refractivity contribution is -0.125. The fourth-order valence-electron chi connectivity index (χ4n) is 2.07. The van der Waals surface area contributed by atoms with E-state index in [2.05, 4.69) is 12.2 Å². The van der Waals surface area contributed by atoms with Crippen LogP contribution in [0.4, 0.5) is 0 Å². The van der Waals surface area contributed by atoms with Crippen LogP contribution in [-0.4, -0.2) is 32.2 Å². The average molecular weight is 214 g/mol. The Morgan fingerprint density at radius 2 is 2.33 bits per heavy atom. The topological polar surface area (TPSA) is 64.3 Å². The number of ether oxygens (including phenoxy) is 1. The minimum absolute atomic E-state index is 0.0250. The first kappa shape index (κ1) is 12.5. The molecule has 0 aromatic heterocycles.